The lowest BCUT2D eigenvalue weighted by Gasteiger charge is -2.14. The number of carbonyl (C=O) groups excluding carboxylic acids is 1. The van der Waals surface area contributed by atoms with Crippen LogP contribution in [0.5, 0.6) is 11.6 Å². The molecule has 1 amide bonds. The molecule has 0 radical (unpaired) electrons. The molecule has 1 heterocycles. The highest BCUT2D eigenvalue weighted by molar-refractivity contribution is 5.96. The normalized spacial score (nSPS) is 10.5. The molecule has 8 nitrogen and oxygen atoms in total. The highest BCUT2D eigenvalue weighted by Crippen LogP contribution is 2.25. The minimum atomic E-state index is -0.943. The van der Waals surface area contributed by atoms with Gasteiger partial charge in [-0.05, 0) is 25.5 Å². The average Bonchev–Trinajstić information content (AvgIpc) is 2.56. The maximum Gasteiger partial charge on any atom is 0.335 e. The Morgan fingerprint density at radius 1 is 1.28 bits per heavy atom. The SMILES string of the molecule is CCCCNC(=O)c1c(O)n(-c2ccccc2OCC)c(=O)[nH]c1=O. The Bertz CT molecular complexity index is 869. The Kier molecular flexibility index (Phi) is 5.99. The van der Waals surface area contributed by atoms with Crippen LogP contribution in [0, 0.1) is 0 Å². The number of para-hydroxylation sites is 2. The average molecular weight is 347 g/mol. The van der Waals surface area contributed by atoms with Gasteiger partial charge in [-0.3, -0.25) is 14.6 Å². The van der Waals surface area contributed by atoms with E-state index in [2.05, 4.69) is 10.3 Å². The van der Waals surface area contributed by atoms with E-state index in [4.69, 9.17) is 4.74 Å². The second kappa shape index (κ2) is 8.18. The van der Waals surface area contributed by atoms with Crippen LogP contribution in [-0.2, 0) is 0 Å². The van der Waals surface area contributed by atoms with Gasteiger partial charge < -0.3 is 15.2 Å². The minimum absolute atomic E-state index is 0.228. The Morgan fingerprint density at radius 2 is 2.00 bits per heavy atom. The van der Waals surface area contributed by atoms with Crippen molar-refractivity contribution in [2.45, 2.75) is 26.7 Å². The van der Waals surface area contributed by atoms with Crippen molar-refractivity contribution in [3.63, 3.8) is 0 Å². The number of carbonyl (C=O) groups is 1. The maximum atomic E-state index is 12.2. The zero-order chi connectivity index (χ0) is 18.4. The molecule has 25 heavy (non-hydrogen) atoms. The van der Waals surface area contributed by atoms with Gasteiger partial charge in [0.1, 0.15) is 5.75 Å². The van der Waals surface area contributed by atoms with Crippen LogP contribution in [0.4, 0.5) is 0 Å². The van der Waals surface area contributed by atoms with Crippen molar-refractivity contribution in [2.75, 3.05) is 13.2 Å². The number of H-pyrrole nitrogens is 1. The third-order valence-corrected chi connectivity index (χ3v) is 3.53. The first-order chi connectivity index (χ1) is 12.0. The van der Waals surface area contributed by atoms with Crippen LogP contribution in [0.15, 0.2) is 33.9 Å². The van der Waals surface area contributed by atoms with Crippen molar-refractivity contribution in [3.8, 4) is 17.3 Å². The molecule has 0 saturated carbocycles. The molecule has 0 fully saturated rings. The van der Waals surface area contributed by atoms with E-state index in [1.54, 1.807) is 31.2 Å². The number of nitrogens with zero attached hydrogens (tertiary/aromatic N) is 1. The van der Waals surface area contributed by atoms with Crippen LogP contribution in [-0.4, -0.2) is 33.7 Å². The Hall–Kier alpha value is -3.03. The molecule has 0 unspecified atom stereocenters. The number of aromatic amines is 1. The predicted molar refractivity (Wildman–Crippen MR) is 92.7 cm³/mol. The summed E-state index contributed by atoms with van der Waals surface area (Å²) in [7, 11) is 0. The summed E-state index contributed by atoms with van der Waals surface area (Å²) in [6.45, 7) is 4.45. The molecule has 1 aromatic heterocycles. The van der Waals surface area contributed by atoms with Crippen LogP contribution < -0.4 is 21.3 Å². The van der Waals surface area contributed by atoms with Gasteiger partial charge in [-0.25, -0.2) is 9.36 Å². The van der Waals surface area contributed by atoms with Crippen molar-refractivity contribution >= 4 is 5.91 Å². The zero-order valence-corrected chi connectivity index (χ0v) is 14.2. The molecule has 8 heteroatoms. The number of benzene rings is 1. The smallest absolute Gasteiger partial charge is 0.335 e. The first-order valence-corrected chi connectivity index (χ1v) is 8.09. The van der Waals surface area contributed by atoms with Crippen molar-refractivity contribution in [1.29, 1.82) is 0 Å². The number of unbranched alkanes of at least 4 members (excludes halogenated alkanes) is 1. The van der Waals surface area contributed by atoms with Gasteiger partial charge in [0.25, 0.3) is 11.5 Å². The van der Waals surface area contributed by atoms with Crippen LogP contribution in [0.2, 0.25) is 0 Å². The molecular weight excluding hydrogens is 326 g/mol. The van der Waals surface area contributed by atoms with Gasteiger partial charge in [-0.1, -0.05) is 25.5 Å². The van der Waals surface area contributed by atoms with Gasteiger partial charge in [0.05, 0.1) is 12.3 Å². The monoisotopic (exact) mass is 347 g/mol. The number of aromatic hydroxyl groups is 1. The third-order valence-electron chi connectivity index (χ3n) is 3.53. The van der Waals surface area contributed by atoms with Crippen molar-refractivity contribution in [2.24, 2.45) is 0 Å². The number of nitrogens with one attached hydrogen (secondary N) is 2. The van der Waals surface area contributed by atoms with Gasteiger partial charge in [0.2, 0.25) is 5.88 Å². The quantitative estimate of drug-likeness (QED) is 0.651. The Labute approximate surface area is 144 Å². The molecule has 0 atom stereocenters. The zero-order valence-electron chi connectivity index (χ0n) is 14.2. The van der Waals surface area contributed by atoms with Gasteiger partial charge in [0, 0.05) is 6.54 Å². The first kappa shape index (κ1) is 18.3. The molecule has 3 N–H and O–H groups in total. The number of hydrogen-bond acceptors (Lipinski definition) is 5. The van der Waals surface area contributed by atoms with Crippen molar-refractivity contribution < 1.29 is 14.6 Å². The summed E-state index contributed by atoms with van der Waals surface area (Å²) in [5, 5.41) is 13.0. The summed E-state index contributed by atoms with van der Waals surface area (Å²) >= 11 is 0. The number of hydrogen-bond donors (Lipinski definition) is 3. The lowest BCUT2D eigenvalue weighted by atomic mass is 10.2. The first-order valence-electron chi connectivity index (χ1n) is 8.09. The van der Waals surface area contributed by atoms with Crippen molar-refractivity contribution in [3.05, 3.63) is 50.7 Å². The molecule has 2 aromatic rings. The van der Waals surface area contributed by atoms with Gasteiger partial charge >= 0.3 is 5.69 Å². The van der Waals surface area contributed by atoms with E-state index in [1.807, 2.05) is 6.92 Å². The van der Waals surface area contributed by atoms with Crippen LogP contribution in [0.25, 0.3) is 5.69 Å². The predicted octanol–water partition coefficient (Wildman–Crippen LogP) is 1.16. The maximum absolute atomic E-state index is 12.2. The van der Waals surface area contributed by atoms with E-state index in [0.717, 1.165) is 17.4 Å². The lowest BCUT2D eigenvalue weighted by Crippen LogP contribution is -2.37. The summed E-state index contributed by atoms with van der Waals surface area (Å²) in [4.78, 5) is 38.5. The van der Waals surface area contributed by atoms with E-state index in [-0.39, 0.29) is 5.69 Å². The lowest BCUT2D eigenvalue weighted by molar-refractivity contribution is 0.0947. The molecule has 134 valence electrons. The van der Waals surface area contributed by atoms with E-state index in [9.17, 15) is 19.5 Å². The Balaban J connectivity index is 2.58. The molecule has 1 aromatic carbocycles. The summed E-state index contributed by atoms with van der Waals surface area (Å²) in [5.74, 6) is -1.13. The van der Waals surface area contributed by atoms with E-state index in [0.29, 0.717) is 18.9 Å². The second-order valence-corrected chi connectivity index (χ2v) is 5.30. The fourth-order valence-corrected chi connectivity index (χ4v) is 2.34. The molecule has 0 aliphatic carbocycles. The van der Waals surface area contributed by atoms with Crippen LogP contribution >= 0.6 is 0 Å². The van der Waals surface area contributed by atoms with Gasteiger partial charge in [0.15, 0.2) is 5.56 Å². The minimum Gasteiger partial charge on any atom is -0.493 e. The van der Waals surface area contributed by atoms with E-state index in [1.165, 1.54) is 0 Å². The van der Waals surface area contributed by atoms with E-state index >= 15 is 0 Å². The summed E-state index contributed by atoms with van der Waals surface area (Å²) < 4.78 is 6.30. The molecule has 0 bridgehead atoms. The number of ether oxygens (including phenoxy) is 1. The number of rotatable bonds is 7. The summed E-state index contributed by atoms with van der Waals surface area (Å²) in [6.07, 6.45) is 1.60. The molecule has 2 rings (SSSR count). The highest BCUT2D eigenvalue weighted by atomic mass is 16.5. The topological polar surface area (TPSA) is 113 Å². The molecule has 0 spiro atoms. The fraction of sp³-hybridized carbons (Fsp3) is 0.353. The summed E-state index contributed by atoms with van der Waals surface area (Å²) in [6, 6.07) is 6.52. The second-order valence-electron chi connectivity index (χ2n) is 5.30. The molecular formula is C17H21N3O5. The van der Waals surface area contributed by atoms with E-state index < -0.39 is 28.6 Å². The molecule has 0 saturated heterocycles. The van der Waals surface area contributed by atoms with Crippen molar-refractivity contribution in [1.82, 2.24) is 14.9 Å². The largest absolute Gasteiger partial charge is 0.493 e. The fourth-order valence-electron chi connectivity index (χ4n) is 2.34. The standard InChI is InChI=1S/C17H21N3O5/c1-3-5-10-18-14(21)13-15(22)19-17(24)20(16(13)23)11-8-6-7-9-12(11)25-4-2/h6-9,23H,3-5,10H2,1-2H3,(H,18,21)(H,19,22,24). The van der Waals surface area contributed by atoms with Crippen LogP contribution in [0.1, 0.15) is 37.0 Å². The molecule has 0 aliphatic heterocycles. The van der Waals surface area contributed by atoms with Crippen LogP contribution in [0.3, 0.4) is 0 Å². The summed E-state index contributed by atoms with van der Waals surface area (Å²) in [5.41, 5.74) is -2.09. The number of amides is 1. The van der Waals surface area contributed by atoms with Gasteiger partial charge in [-0.15, -0.1) is 0 Å². The Morgan fingerprint density at radius 3 is 2.68 bits per heavy atom. The highest BCUT2D eigenvalue weighted by Gasteiger charge is 2.22. The third kappa shape index (κ3) is 3.90. The van der Waals surface area contributed by atoms with Gasteiger partial charge in [-0.2, -0.15) is 0 Å². The number of aromatic nitrogens is 2. The molecule has 0 aliphatic rings.